The number of rotatable bonds is 7. The summed E-state index contributed by atoms with van der Waals surface area (Å²) in [6.07, 6.45) is 1.71. The van der Waals surface area contributed by atoms with Crippen molar-refractivity contribution >= 4 is 16.9 Å². The fourth-order valence-electron chi connectivity index (χ4n) is 4.98. The van der Waals surface area contributed by atoms with Gasteiger partial charge >= 0.3 is 5.97 Å². The highest BCUT2D eigenvalue weighted by molar-refractivity contribution is 6.03. The molecule has 7 nitrogen and oxygen atoms in total. The third kappa shape index (κ3) is 4.48. The molecule has 6 aromatic rings. The van der Waals surface area contributed by atoms with E-state index in [9.17, 15) is 9.90 Å². The molecule has 0 bridgehead atoms. The van der Waals surface area contributed by atoms with Crippen molar-refractivity contribution in [3.8, 4) is 22.5 Å². The van der Waals surface area contributed by atoms with Crippen LogP contribution in [0.15, 0.2) is 109 Å². The Kier molecular flexibility index (Phi) is 6.04. The fourth-order valence-corrected chi connectivity index (χ4v) is 4.98. The Hall–Kier alpha value is -5.04. The van der Waals surface area contributed by atoms with E-state index in [1.807, 2.05) is 65.2 Å². The highest BCUT2D eigenvalue weighted by Gasteiger charge is 2.26. The summed E-state index contributed by atoms with van der Waals surface area (Å²) in [5.41, 5.74) is 5.89. The van der Waals surface area contributed by atoms with Gasteiger partial charge in [-0.1, -0.05) is 97.1 Å². The third-order valence-corrected chi connectivity index (χ3v) is 7.20. The lowest BCUT2D eigenvalue weighted by molar-refractivity contribution is 0.0698. The maximum atomic E-state index is 11.7. The van der Waals surface area contributed by atoms with E-state index in [4.69, 9.17) is 5.10 Å². The molecule has 0 atom stereocenters. The maximum Gasteiger partial charge on any atom is 0.337 e. The molecule has 39 heavy (non-hydrogen) atoms. The number of nitrogens with zero attached hydrogens (tertiary/aromatic N) is 5. The second-order valence-electron chi connectivity index (χ2n) is 10.1. The van der Waals surface area contributed by atoms with E-state index < -0.39 is 11.5 Å². The molecule has 0 spiro atoms. The number of carboxylic acid groups (broad SMARTS) is 1. The molecule has 0 radical (unpaired) electrons. The fraction of sp³-hybridized carbons (Fsp3) is 0.125. The molecule has 0 saturated carbocycles. The van der Waals surface area contributed by atoms with Gasteiger partial charge in [0.15, 0.2) is 0 Å². The van der Waals surface area contributed by atoms with Gasteiger partial charge in [0.2, 0.25) is 5.82 Å². The summed E-state index contributed by atoms with van der Waals surface area (Å²) < 4.78 is 1.98. The Morgan fingerprint density at radius 2 is 1.49 bits per heavy atom. The number of benzene rings is 4. The molecule has 2 heterocycles. The van der Waals surface area contributed by atoms with Crippen LogP contribution in [0.2, 0.25) is 0 Å². The number of carbonyl (C=O) groups is 1. The predicted molar refractivity (Wildman–Crippen MR) is 152 cm³/mol. The second-order valence-corrected chi connectivity index (χ2v) is 10.1. The van der Waals surface area contributed by atoms with Crippen LogP contribution in [-0.4, -0.2) is 35.9 Å². The summed E-state index contributed by atoms with van der Waals surface area (Å²) in [4.78, 5) is 13.4. The van der Waals surface area contributed by atoms with Gasteiger partial charge in [0, 0.05) is 29.2 Å². The van der Waals surface area contributed by atoms with Crippen LogP contribution in [0.5, 0.6) is 0 Å². The van der Waals surface area contributed by atoms with Crippen molar-refractivity contribution in [3.63, 3.8) is 0 Å². The Morgan fingerprint density at radius 1 is 0.821 bits per heavy atom. The first-order valence-corrected chi connectivity index (χ1v) is 12.8. The minimum Gasteiger partial charge on any atom is -0.478 e. The van der Waals surface area contributed by atoms with Gasteiger partial charge in [0.25, 0.3) is 0 Å². The number of hydrogen-bond acceptors (Lipinski definition) is 4. The molecule has 0 unspecified atom stereocenters. The van der Waals surface area contributed by atoms with E-state index >= 15 is 0 Å². The Labute approximate surface area is 226 Å². The van der Waals surface area contributed by atoms with Gasteiger partial charge in [0.05, 0.1) is 5.56 Å². The zero-order chi connectivity index (χ0) is 27.0. The first kappa shape index (κ1) is 24.3. The quantitative estimate of drug-likeness (QED) is 0.264. The van der Waals surface area contributed by atoms with Gasteiger partial charge in [-0.2, -0.15) is 4.80 Å². The monoisotopic (exact) mass is 513 g/mol. The van der Waals surface area contributed by atoms with Crippen LogP contribution in [-0.2, 0) is 12.1 Å². The topological polar surface area (TPSA) is 85.8 Å². The van der Waals surface area contributed by atoms with Crippen molar-refractivity contribution in [2.75, 3.05) is 0 Å². The molecular weight excluding hydrogens is 486 g/mol. The predicted octanol–water partition coefficient (Wildman–Crippen LogP) is 6.49. The van der Waals surface area contributed by atoms with Gasteiger partial charge in [-0.05, 0) is 47.4 Å². The van der Waals surface area contributed by atoms with Gasteiger partial charge in [0.1, 0.15) is 5.54 Å². The van der Waals surface area contributed by atoms with Crippen LogP contribution in [0.1, 0.15) is 35.3 Å². The summed E-state index contributed by atoms with van der Waals surface area (Å²) >= 11 is 0. The van der Waals surface area contributed by atoms with Crippen LogP contribution in [0.25, 0.3) is 33.4 Å². The summed E-state index contributed by atoms with van der Waals surface area (Å²) in [6.45, 7) is 4.72. The summed E-state index contributed by atoms with van der Waals surface area (Å²) in [6, 6.07) is 34.1. The van der Waals surface area contributed by atoms with E-state index in [1.54, 1.807) is 11.0 Å². The van der Waals surface area contributed by atoms with Crippen LogP contribution in [0, 0.1) is 0 Å². The Morgan fingerprint density at radius 3 is 2.23 bits per heavy atom. The van der Waals surface area contributed by atoms with E-state index in [1.165, 1.54) is 0 Å². The van der Waals surface area contributed by atoms with E-state index in [0.717, 1.165) is 38.7 Å². The first-order chi connectivity index (χ1) is 18.9. The average Bonchev–Trinajstić information content (AvgIpc) is 3.61. The second kappa shape index (κ2) is 9.68. The van der Waals surface area contributed by atoms with Crippen molar-refractivity contribution in [3.05, 3.63) is 126 Å². The van der Waals surface area contributed by atoms with Crippen LogP contribution < -0.4 is 0 Å². The molecule has 1 N–H and O–H groups in total. The zero-order valence-electron chi connectivity index (χ0n) is 21.7. The number of tetrazole rings is 1. The van der Waals surface area contributed by atoms with Crippen LogP contribution in [0.3, 0.4) is 0 Å². The summed E-state index contributed by atoms with van der Waals surface area (Å²) in [5.74, 6) is -0.353. The number of aromatic carboxylic acids is 1. The molecule has 0 aliphatic rings. The largest absolute Gasteiger partial charge is 0.478 e. The minimum atomic E-state index is -0.922. The van der Waals surface area contributed by atoms with Gasteiger partial charge in [-0.15, -0.1) is 10.2 Å². The molecule has 0 fully saturated rings. The zero-order valence-corrected chi connectivity index (χ0v) is 21.7. The SMILES string of the molecule is CC(C)(c1ccccc1)n1nnc(-c2ccccc2-c2ccc(Cn3cc(C(=O)O)c4ccccc43)cc2)n1. The van der Waals surface area contributed by atoms with Crippen molar-refractivity contribution in [1.29, 1.82) is 0 Å². The molecule has 6 rings (SSSR count). The lowest BCUT2D eigenvalue weighted by atomic mass is 9.95. The van der Waals surface area contributed by atoms with Gasteiger partial charge < -0.3 is 9.67 Å². The molecule has 192 valence electrons. The smallest absolute Gasteiger partial charge is 0.337 e. The first-order valence-electron chi connectivity index (χ1n) is 12.8. The van der Waals surface area contributed by atoms with E-state index in [2.05, 4.69) is 66.6 Å². The molecule has 0 aliphatic carbocycles. The van der Waals surface area contributed by atoms with E-state index in [0.29, 0.717) is 17.9 Å². The molecular formula is C32H27N5O2. The Bertz CT molecular complexity index is 1780. The number of para-hydroxylation sites is 1. The standard InChI is InChI=1S/C32H27N5O2/c1-32(2,24-10-4-3-5-11-24)37-34-30(33-35-37)27-14-7-6-12-25(27)23-18-16-22(17-19-23)20-36-21-28(31(38)39)26-13-8-9-15-29(26)36/h3-19,21H,20H2,1-2H3,(H,38,39). The maximum absolute atomic E-state index is 11.7. The normalized spacial score (nSPS) is 11.6. The van der Waals surface area contributed by atoms with Crippen LogP contribution in [0.4, 0.5) is 0 Å². The molecule has 0 amide bonds. The summed E-state index contributed by atoms with van der Waals surface area (Å²) in [7, 11) is 0. The van der Waals surface area contributed by atoms with E-state index in [-0.39, 0.29) is 0 Å². The third-order valence-electron chi connectivity index (χ3n) is 7.20. The number of hydrogen-bond donors (Lipinski definition) is 1. The van der Waals surface area contributed by atoms with Gasteiger partial charge in [-0.25, -0.2) is 4.79 Å². The number of carboxylic acids is 1. The highest BCUT2D eigenvalue weighted by Crippen LogP contribution is 2.32. The number of aromatic nitrogens is 5. The lowest BCUT2D eigenvalue weighted by Gasteiger charge is -2.23. The molecule has 0 aliphatic heterocycles. The highest BCUT2D eigenvalue weighted by atomic mass is 16.4. The number of fused-ring (bicyclic) bond motifs is 1. The van der Waals surface area contributed by atoms with Crippen molar-refractivity contribution in [2.45, 2.75) is 25.9 Å². The lowest BCUT2D eigenvalue weighted by Crippen LogP contribution is -2.30. The summed E-state index contributed by atoms with van der Waals surface area (Å²) in [5, 5.41) is 24.0. The average molecular weight is 514 g/mol. The minimum absolute atomic E-state index is 0.312. The van der Waals surface area contributed by atoms with Crippen molar-refractivity contribution in [1.82, 2.24) is 24.8 Å². The van der Waals surface area contributed by atoms with Crippen molar-refractivity contribution in [2.24, 2.45) is 0 Å². The van der Waals surface area contributed by atoms with Gasteiger partial charge in [-0.3, -0.25) is 0 Å². The van der Waals surface area contributed by atoms with Crippen molar-refractivity contribution < 1.29 is 9.90 Å². The molecule has 4 aromatic carbocycles. The molecule has 7 heteroatoms. The molecule has 0 saturated heterocycles. The van der Waals surface area contributed by atoms with Crippen LogP contribution >= 0.6 is 0 Å². The molecule has 2 aromatic heterocycles. The Balaban J connectivity index is 1.29.